The van der Waals surface area contributed by atoms with E-state index < -0.39 is 5.82 Å². The third-order valence-corrected chi connectivity index (χ3v) is 2.98. The lowest BCUT2D eigenvalue weighted by Gasteiger charge is -2.08. The van der Waals surface area contributed by atoms with E-state index in [2.05, 4.69) is 9.97 Å². The maximum atomic E-state index is 13.4. The molecule has 0 saturated carbocycles. The highest BCUT2D eigenvalue weighted by atomic mass is 35.5. The van der Waals surface area contributed by atoms with E-state index in [0.29, 0.717) is 16.5 Å². The number of nitrogens with zero attached hydrogens (tertiary/aromatic N) is 2. The zero-order chi connectivity index (χ0) is 13.3. The summed E-state index contributed by atoms with van der Waals surface area (Å²) in [5.41, 5.74) is 1.38. The van der Waals surface area contributed by atoms with Gasteiger partial charge in [-0.25, -0.2) is 14.4 Å². The summed E-state index contributed by atoms with van der Waals surface area (Å²) in [5, 5.41) is 0.420. The lowest BCUT2D eigenvalue weighted by molar-refractivity contribution is 0.628. The van der Waals surface area contributed by atoms with Gasteiger partial charge in [0.2, 0.25) is 0 Å². The van der Waals surface area contributed by atoms with Gasteiger partial charge >= 0.3 is 0 Å². The topological polar surface area (TPSA) is 25.8 Å². The van der Waals surface area contributed by atoms with Crippen LogP contribution in [0, 0.1) is 5.82 Å². The van der Waals surface area contributed by atoms with E-state index in [1.165, 1.54) is 12.1 Å². The van der Waals surface area contributed by atoms with E-state index >= 15 is 0 Å². The van der Waals surface area contributed by atoms with Crippen LogP contribution in [0.4, 0.5) is 4.39 Å². The highest BCUT2D eigenvalue weighted by molar-refractivity contribution is 6.30. The molecule has 2 rings (SSSR count). The van der Waals surface area contributed by atoms with Crippen molar-refractivity contribution >= 4 is 23.2 Å². The van der Waals surface area contributed by atoms with Crippen LogP contribution in [0.5, 0.6) is 0 Å². The van der Waals surface area contributed by atoms with Crippen LogP contribution in [0.25, 0.3) is 11.4 Å². The minimum absolute atomic E-state index is 0.0739. The second kappa shape index (κ2) is 5.21. The van der Waals surface area contributed by atoms with E-state index in [1.54, 1.807) is 12.1 Å². The molecule has 1 heterocycles. The highest BCUT2D eigenvalue weighted by Crippen LogP contribution is 2.24. The van der Waals surface area contributed by atoms with Gasteiger partial charge in [0.1, 0.15) is 11.0 Å². The first-order chi connectivity index (χ1) is 8.47. The molecule has 0 unspecified atom stereocenters. The van der Waals surface area contributed by atoms with Crippen molar-refractivity contribution in [3.63, 3.8) is 0 Å². The standard InChI is InChI=1S/C13H11Cl2FN2/c1-7(2)11-6-12(15)18-13(17-11)8-3-4-9(14)10(16)5-8/h3-7H,1-2H3. The van der Waals surface area contributed by atoms with Crippen LogP contribution in [0.2, 0.25) is 10.2 Å². The molecule has 1 aromatic carbocycles. The number of aromatic nitrogens is 2. The monoisotopic (exact) mass is 284 g/mol. The van der Waals surface area contributed by atoms with E-state index in [4.69, 9.17) is 23.2 Å². The molecule has 2 nitrogen and oxygen atoms in total. The Morgan fingerprint density at radius 3 is 2.44 bits per heavy atom. The van der Waals surface area contributed by atoms with Crippen LogP contribution in [0.1, 0.15) is 25.5 Å². The molecule has 0 saturated heterocycles. The van der Waals surface area contributed by atoms with Crippen molar-refractivity contribution < 1.29 is 4.39 Å². The highest BCUT2D eigenvalue weighted by Gasteiger charge is 2.10. The Morgan fingerprint density at radius 1 is 1.11 bits per heavy atom. The van der Waals surface area contributed by atoms with Crippen LogP contribution >= 0.6 is 23.2 Å². The Morgan fingerprint density at radius 2 is 1.83 bits per heavy atom. The molecule has 94 valence electrons. The summed E-state index contributed by atoms with van der Waals surface area (Å²) in [6.45, 7) is 4.01. The lowest BCUT2D eigenvalue weighted by Crippen LogP contribution is -1.98. The van der Waals surface area contributed by atoms with E-state index in [-0.39, 0.29) is 10.9 Å². The van der Waals surface area contributed by atoms with Crippen LogP contribution < -0.4 is 0 Å². The Hall–Kier alpha value is -1.19. The maximum absolute atomic E-state index is 13.4. The minimum atomic E-state index is -0.496. The molecule has 0 bridgehead atoms. The summed E-state index contributed by atoms with van der Waals surface area (Å²) < 4.78 is 13.4. The molecule has 0 aliphatic heterocycles. The molecular weight excluding hydrogens is 274 g/mol. The zero-order valence-electron chi connectivity index (χ0n) is 9.92. The Labute approximate surface area is 115 Å². The fraction of sp³-hybridized carbons (Fsp3) is 0.231. The van der Waals surface area contributed by atoms with Crippen molar-refractivity contribution in [3.8, 4) is 11.4 Å². The van der Waals surface area contributed by atoms with Gasteiger partial charge in [-0.2, -0.15) is 0 Å². The number of hydrogen-bond acceptors (Lipinski definition) is 2. The van der Waals surface area contributed by atoms with Crippen LogP contribution in [-0.2, 0) is 0 Å². The van der Waals surface area contributed by atoms with Gasteiger partial charge in [0.05, 0.1) is 5.02 Å². The van der Waals surface area contributed by atoms with Crippen molar-refractivity contribution in [1.82, 2.24) is 9.97 Å². The summed E-state index contributed by atoms with van der Waals surface area (Å²) >= 11 is 11.6. The molecular formula is C13H11Cl2FN2. The molecule has 0 aliphatic rings. The van der Waals surface area contributed by atoms with Crippen molar-refractivity contribution in [2.24, 2.45) is 0 Å². The van der Waals surface area contributed by atoms with Gasteiger partial charge in [0.15, 0.2) is 5.82 Å². The summed E-state index contributed by atoms with van der Waals surface area (Å²) in [5.74, 6) is 0.131. The second-order valence-electron chi connectivity index (χ2n) is 4.22. The lowest BCUT2D eigenvalue weighted by atomic mass is 10.1. The maximum Gasteiger partial charge on any atom is 0.161 e. The van der Waals surface area contributed by atoms with E-state index in [9.17, 15) is 4.39 Å². The van der Waals surface area contributed by atoms with Gasteiger partial charge in [0, 0.05) is 11.3 Å². The molecule has 0 atom stereocenters. The SMILES string of the molecule is CC(C)c1cc(Cl)nc(-c2ccc(Cl)c(F)c2)n1. The van der Waals surface area contributed by atoms with Crippen LogP contribution in [0.3, 0.4) is 0 Å². The quantitative estimate of drug-likeness (QED) is 0.746. The summed E-state index contributed by atoms with van der Waals surface area (Å²) in [7, 11) is 0. The fourth-order valence-corrected chi connectivity index (χ4v) is 1.80. The molecule has 0 spiro atoms. The number of rotatable bonds is 2. The van der Waals surface area contributed by atoms with Gasteiger partial charge in [-0.05, 0) is 30.2 Å². The van der Waals surface area contributed by atoms with E-state index in [1.807, 2.05) is 13.8 Å². The third-order valence-electron chi connectivity index (χ3n) is 2.48. The average Bonchev–Trinajstić information content (AvgIpc) is 2.31. The first kappa shape index (κ1) is 13.2. The molecule has 5 heteroatoms. The van der Waals surface area contributed by atoms with Gasteiger partial charge in [0.25, 0.3) is 0 Å². The predicted octanol–water partition coefficient (Wildman–Crippen LogP) is 4.71. The second-order valence-corrected chi connectivity index (χ2v) is 5.02. The summed E-state index contributed by atoms with van der Waals surface area (Å²) in [6.07, 6.45) is 0. The number of benzene rings is 1. The first-order valence-electron chi connectivity index (χ1n) is 5.47. The molecule has 0 amide bonds. The third kappa shape index (κ3) is 2.79. The first-order valence-corrected chi connectivity index (χ1v) is 6.23. The summed E-state index contributed by atoms with van der Waals surface area (Å²) in [6, 6.07) is 6.16. The van der Waals surface area contributed by atoms with Crippen molar-refractivity contribution in [2.45, 2.75) is 19.8 Å². The van der Waals surface area contributed by atoms with E-state index in [0.717, 1.165) is 5.69 Å². The molecule has 0 N–H and O–H groups in total. The van der Waals surface area contributed by atoms with Crippen LogP contribution in [-0.4, -0.2) is 9.97 Å². The molecule has 0 fully saturated rings. The smallest absolute Gasteiger partial charge is 0.161 e. The molecule has 18 heavy (non-hydrogen) atoms. The Balaban J connectivity index is 2.53. The molecule has 2 aromatic rings. The van der Waals surface area contributed by atoms with Crippen LogP contribution in [0.15, 0.2) is 24.3 Å². The normalized spacial score (nSPS) is 11.0. The van der Waals surface area contributed by atoms with Gasteiger partial charge in [-0.1, -0.05) is 37.0 Å². The van der Waals surface area contributed by atoms with Crippen molar-refractivity contribution in [2.75, 3.05) is 0 Å². The Kier molecular flexibility index (Phi) is 3.83. The number of halogens is 3. The fourth-order valence-electron chi connectivity index (χ4n) is 1.50. The van der Waals surface area contributed by atoms with Gasteiger partial charge in [-0.15, -0.1) is 0 Å². The average molecular weight is 285 g/mol. The van der Waals surface area contributed by atoms with Crippen molar-refractivity contribution in [3.05, 3.63) is 46.0 Å². The number of hydrogen-bond donors (Lipinski definition) is 0. The Bertz CT molecular complexity index is 585. The minimum Gasteiger partial charge on any atom is -0.233 e. The predicted molar refractivity (Wildman–Crippen MR) is 71.5 cm³/mol. The van der Waals surface area contributed by atoms with Gasteiger partial charge in [-0.3, -0.25) is 0 Å². The van der Waals surface area contributed by atoms with Crippen molar-refractivity contribution in [1.29, 1.82) is 0 Å². The molecule has 0 aliphatic carbocycles. The largest absolute Gasteiger partial charge is 0.233 e. The summed E-state index contributed by atoms with van der Waals surface area (Å²) in [4.78, 5) is 8.47. The molecule has 0 radical (unpaired) electrons. The molecule has 1 aromatic heterocycles. The van der Waals surface area contributed by atoms with Gasteiger partial charge < -0.3 is 0 Å². The zero-order valence-corrected chi connectivity index (χ0v) is 11.4.